The average molecular weight is 451 g/mol. The number of rotatable bonds is 9. The molecule has 7 nitrogen and oxygen atoms in total. The van der Waals surface area contributed by atoms with Gasteiger partial charge in [-0.05, 0) is 36.8 Å². The van der Waals surface area contributed by atoms with Crippen molar-refractivity contribution in [2.75, 3.05) is 20.8 Å². The van der Waals surface area contributed by atoms with E-state index >= 15 is 4.39 Å². The molecule has 3 heterocycles. The van der Waals surface area contributed by atoms with Crippen molar-refractivity contribution in [3.05, 3.63) is 89.8 Å². The topological polar surface area (TPSA) is 80.4 Å². The molecule has 1 aliphatic rings. The molecular weight excluding hydrogens is 423 g/mol. The van der Waals surface area contributed by atoms with E-state index in [0.29, 0.717) is 22.7 Å². The number of benzene rings is 1. The van der Waals surface area contributed by atoms with Crippen molar-refractivity contribution in [3.8, 4) is 11.5 Å². The number of hydrogen-bond donors (Lipinski definition) is 3. The number of H-pyrrole nitrogens is 1. The van der Waals surface area contributed by atoms with Crippen LogP contribution in [0, 0.1) is 12.7 Å². The SMILES string of the molecule is C=CC1=C(C=C)NC(COc2cc(F)c(C(OC)c3c[nH]c4ncc(C)cc34)cc2OC)N1. The van der Waals surface area contributed by atoms with Gasteiger partial charge in [-0.2, -0.15) is 0 Å². The van der Waals surface area contributed by atoms with Crippen LogP contribution in [0.2, 0.25) is 0 Å². The van der Waals surface area contributed by atoms with Gasteiger partial charge in [-0.15, -0.1) is 0 Å². The Kier molecular flexibility index (Phi) is 6.37. The minimum Gasteiger partial charge on any atom is -0.493 e. The van der Waals surface area contributed by atoms with Crippen LogP contribution >= 0.6 is 0 Å². The maximum atomic E-state index is 15.3. The summed E-state index contributed by atoms with van der Waals surface area (Å²) in [5.74, 6) is 0.235. The minimum absolute atomic E-state index is 0.216. The summed E-state index contributed by atoms with van der Waals surface area (Å²) in [5.41, 5.74) is 4.51. The fourth-order valence-corrected chi connectivity index (χ4v) is 3.95. The quantitative estimate of drug-likeness (QED) is 0.453. The number of fused-ring (bicyclic) bond motifs is 1. The summed E-state index contributed by atoms with van der Waals surface area (Å²) in [6.07, 6.45) is 6.10. The molecule has 3 aromatic rings. The van der Waals surface area contributed by atoms with Crippen molar-refractivity contribution in [2.24, 2.45) is 0 Å². The van der Waals surface area contributed by atoms with Crippen LogP contribution in [-0.2, 0) is 4.74 Å². The predicted molar refractivity (Wildman–Crippen MR) is 126 cm³/mol. The number of allylic oxidation sites excluding steroid dienone is 2. The molecule has 0 spiro atoms. The van der Waals surface area contributed by atoms with Crippen molar-refractivity contribution >= 4 is 11.0 Å². The molecule has 0 fully saturated rings. The molecule has 8 heteroatoms. The Morgan fingerprint density at radius 1 is 1.09 bits per heavy atom. The molecule has 172 valence electrons. The molecule has 2 aromatic heterocycles. The van der Waals surface area contributed by atoms with Gasteiger partial charge in [-0.3, -0.25) is 0 Å². The number of aryl methyl sites for hydroxylation is 1. The standard InChI is InChI=1S/C25H27FN4O3/c1-6-19-20(7-2)30-23(29-19)13-33-22-10-18(26)16(9-21(22)31-4)24(32-5)17-12-28-25-15(17)8-14(3)11-27-25/h6-12,23-24,29-30H,1-2,13H2,3-5H3,(H,27,28). The van der Waals surface area contributed by atoms with E-state index in [1.165, 1.54) is 13.2 Å². The molecule has 3 N–H and O–H groups in total. The summed E-state index contributed by atoms with van der Waals surface area (Å²) in [7, 11) is 3.06. The van der Waals surface area contributed by atoms with Gasteiger partial charge in [0.15, 0.2) is 11.5 Å². The summed E-state index contributed by atoms with van der Waals surface area (Å²) in [4.78, 5) is 7.52. The molecule has 33 heavy (non-hydrogen) atoms. The lowest BCUT2D eigenvalue weighted by atomic mass is 9.99. The first-order valence-electron chi connectivity index (χ1n) is 10.5. The summed E-state index contributed by atoms with van der Waals surface area (Å²) < 4.78 is 32.4. The van der Waals surface area contributed by atoms with Gasteiger partial charge < -0.3 is 29.8 Å². The maximum Gasteiger partial charge on any atom is 0.164 e. The van der Waals surface area contributed by atoms with Crippen molar-refractivity contribution in [3.63, 3.8) is 0 Å². The first-order valence-corrected chi connectivity index (χ1v) is 10.5. The van der Waals surface area contributed by atoms with Gasteiger partial charge in [-0.1, -0.05) is 13.2 Å². The Bertz CT molecular complexity index is 1210. The first kappa shape index (κ1) is 22.4. The Labute approximate surface area is 192 Å². The molecule has 1 aromatic carbocycles. The van der Waals surface area contributed by atoms with E-state index in [1.807, 2.05) is 13.0 Å². The highest BCUT2D eigenvalue weighted by Crippen LogP contribution is 2.38. The van der Waals surface area contributed by atoms with E-state index in [1.54, 1.807) is 37.7 Å². The number of pyridine rings is 1. The Morgan fingerprint density at radius 2 is 1.82 bits per heavy atom. The van der Waals surface area contributed by atoms with Gasteiger partial charge in [0.25, 0.3) is 0 Å². The highest BCUT2D eigenvalue weighted by atomic mass is 19.1. The summed E-state index contributed by atoms with van der Waals surface area (Å²) in [6.45, 7) is 9.74. The average Bonchev–Trinajstić information content (AvgIpc) is 3.42. The molecule has 0 radical (unpaired) electrons. The zero-order valence-electron chi connectivity index (χ0n) is 18.9. The second-order valence-corrected chi connectivity index (χ2v) is 7.68. The molecule has 0 amide bonds. The third-order valence-corrected chi connectivity index (χ3v) is 5.55. The lowest BCUT2D eigenvalue weighted by Gasteiger charge is -2.20. The number of nitrogens with zero attached hydrogens (tertiary/aromatic N) is 1. The Hall–Kier alpha value is -3.78. The second-order valence-electron chi connectivity index (χ2n) is 7.68. The van der Waals surface area contributed by atoms with E-state index in [0.717, 1.165) is 27.9 Å². The van der Waals surface area contributed by atoms with E-state index in [4.69, 9.17) is 14.2 Å². The lowest BCUT2D eigenvalue weighted by Crippen LogP contribution is -2.38. The van der Waals surface area contributed by atoms with E-state index in [-0.39, 0.29) is 12.8 Å². The molecular formula is C25H27FN4O3. The van der Waals surface area contributed by atoms with Crippen LogP contribution in [0.15, 0.2) is 67.3 Å². The molecule has 1 atom stereocenters. The highest BCUT2D eigenvalue weighted by Gasteiger charge is 2.25. The molecule has 0 aliphatic carbocycles. The minimum atomic E-state index is -0.655. The number of halogens is 1. The van der Waals surface area contributed by atoms with E-state index in [9.17, 15) is 0 Å². The number of aromatic nitrogens is 2. The van der Waals surface area contributed by atoms with Crippen molar-refractivity contribution in [1.82, 2.24) is 20.6 Å². The summed E-state index contributed by atoms with van der Waals surface area (Å²) in [6, 6.07) is 4.93. The fourth-order valence-electron chi connectivity index (χ4n) is 3.95. The number of methoxy groups -OCH3 is 2. The van der Waals surface area contributed by atoms with Gasteiger partial charge in [-0.25, -0.2) is 9.37 Å². The molecule has 1 aliphatic heterocycles. The third-order valence-electron chi connectivity index (χ3n) is 5.55. The van der Waals surface area contributed by atoms with Gasteiger partial charge in [0.1, 0.15) is 30.3 Å². The normalized spacial score (nSPS) is 14.7. The van der Waals surface area contributed by atoms with Gasteiger partial charge >= 0.3 is 0 Å². The van der Waals surface area contributed by atoms with Gasteiger partial charge in [0.2, 0.25) is 0 Å². The molecule has 0 bridgehead atoms. The van der Waals surface area contributed by atoms with Crippen molar-refractivity contribution in [2.45, 2.75) is 19.2 Å². The Balaban J connectivity index is 1.59. The van der Waals surface area contributed by atoms with Crippen LogP contribution in [0.1, 0.15) is 22.8 Å². The summed E-state index contributed by atoms with van der Waals surface area (Å²) in [5, 5.41) is 7.34. The lowest BCUT2D eigenvalue weighted by molar-refractivity contribution is 0.133. The Morgan fingerprint density at radius 3 is 2.45 bits per heavy atom. The second kappa shape index (κ2) is 9.38. The molecule has 1 unspecified atom stereocenters. The maximum absolute atomic E-state index is 15.3. The highest BCUT2D eigenvalue weighted by molar-refractivity contribution is 5.81. The fraction of sp³-hybridized carbons (Fsp3) is 0.240. The van der Waals surface area contributed by atoms with Crippen molar-refractivity contribution < 1.29 is 18.6 Å². The molecule has 0 saturated heterocycles. The first-order chi connectivity index (χ1) is 16.0. The van der Waals surface area contributed by atoms with Crippen molar-refractivity contribution in [1.29, 1.82) is 0 Å². The van der Waals surface area contributed by atoms with Crippen LogP contribution in [0.5, 0.6) is 11.5 Å². The number of hydrogen-bond acceptors (Lipinski definition) is 6. The number of aromatic amines is 1. The van der Waals surface area contributed by atoms with Crippen LogP contribution < -0.4 is 20.1 Å². The smallest absolute Gasteiger partial charge is 0.164 e. The zero-order chi connectivity index (χ0) is 23.5. The largest absolute Gasteiger partial charge is 0.493 e. The van der Waals surface area contributed by atoms with E-state index < -0.39 is 11.9 Å². The van der Waals surface area contributed by atoms with Crippen LogP contribution in [0.3, 0.4) is 0 Å². The third kappa shape index (κ3) is 4.29. The summed E-state index contributed by atoms with van der Waals surface area (Å²) >= 11 is 0. The van der Waals surface area contributed by atoms with E-state index in [2.05, 4.69) is 33.8 Å². The molecule has 0 saturated carbocycles. The van der Waals surface area contributed by atoms with Gasteiger partial charge in [0, 0.05) is 42.1 Å². The predicted octanol–water partition coefficient (Wildman–Crippen LogP) is 4.24. The number of nitrogens with one attached hydrogen (secondary N) is 3. The molecule has 4 rings (SSSR count). The monoisotopic (exact) mass is 450 g/mol. The zero-order valence-corrected chi connectivity index (χ0v) is 18.9. The van der Waals surface area contributed by atoms with Crippen LogP contribution in [0.25, 0.3) is 11.0 Å². The van der Waals surface area contributed by atoms with Gasteiger partial charge in [0.05, 0.1) is 18.5 Å². The van der Waals surface area contributed by atoms with Crippen LogP contribution in [-0.4, -0.2) is 37.0 Å². The van der Waals surface area contributed by atoms with Crippen LogP contribution in [0.4, 0.5) is 4.39 Å². The number of ether oxygens (including phenoxy) is 3.